The van der Waals surface area contributed by atoms with Crippen LogP contribution in [0.3, 0.4) is 0 Å². The number of benzene rings is 3. The maximum Gasteiger partial charge on any atom is 0.415 e. The van der Waals surface area contributed by atoms with Crippen LogP contribution in [0.15, 0.2) is 78.9 Å². The molecule has 0 aliphatic carbocycles. The molecule has 2 heterocycles. The van der Waals surface area contributed by atoms with Crippen molar-refractivity contribution >= 4 is 12.0 Å². The normalized spacial score (nSPS) is 17.5. The summed E-state index contributed by atoms with van der Waals surface area (Å²) < 4.78 is 16.9. The van der Waals surface area contributed by atoms with Crippen molar-refractivity contribution in [3.63, 3.8) is 0 Å². The summed E-state index contributed by atoms with van der Waals surface area (Å²) in [6.07, 6.45) is 1.41. The maximum absolute atomic E-state index is 13.4. The number of carbonyl (C=O) groups excluding carboxylic acids is 2. The molecule has 2 aliphatic rings. The predicted molar refractivity (Wildman–Crippen MR) is 150 cm³/mol. The quantitative estimate of drug-likeness (QED) is 0.460. The van der Waals surface area contributed by atoms with Gasteiger partial charge in [-0.25, -0.2) is 4.79 Å². The lowest BCUT2D eigenvalue weighted by atomic mass is 10.0. The minimum atomic E-state index is -0.352. The van der Waals surface area contributed by atoms with Gasteiger partial charge in [-0.3, -0.25) is 4.79 Å². The van der Waals surface area contributed by atoms with E-state index in [-0.39, 0.29) is 19.5 Å². The van der Waals surface area contributed by atoms with Crippen molar-refractivity contribution in [3.05, 3.63) is 90.0 Å². The lowest BCUT2D eigenvalue weighted by Gasteiger charge is -2.36. The monoisotopic (exact) mass is 531 g/mol. The van der Waals surface area contributed by atoms with Gasteiger partial charge >= 0.3 is 6.09 Å². The number of para-hydroxylation sites is 2. The van der Waals surface area contributed by atoms with Crippen molar-refractivity contribution in [2.24, 2.45) is 0 Å². The Morgan fingerprint density at radius 3 is 2.44 bits per heavy atom. The fourth-order valence-electron chi connectivity index (χ4n) is 4.96. The molecule has 1 N–H and O–H groups in total. The van der Waals surface area contributed by atoms with E-state index in [0.29, 0.717) is 51.4 Å². The molecular formula is C31H37N3O5. The number of aryl methyl sites for hydroxylation is 1. The first-order chi connectivity index (χ1) is 19.2. The fraction of sp³-hybridized carbons (Fsp3) is 0.355. The van der Waals surface area contributed by atoms with Crippen LogP contribution in [0.1, 0.15) is 19.0 Å². The van der Waals surface area contributed by atoms with E-state index in [1.807, 2.05) is 83.8 Å². The molecule has 3 aromatic rings. The SMILES string of the molecule is O=C(Oc1ccc(C[C@@H]2CNCCN2C(=O)CCc2ccccc2Oc2ccccc2)cc1)N1CCOCC1.[HH]. The Kier molecular flexibility index (Phi) is 9.09. The first-order valence-corrected chi connectivity index (χ1v) is 13.6. The molecule has 0 saturated carbocycles. The Balaban J connectivity index is 0.00000370. The van der Waals surface area contributed by atoms with Gasteiger partial charge in [0.05, 0.1) is 13.2 Å². The number of rotatable bonds is 8. The highest BCUT2D eigenvalue weighted by Crippen LogP contribution is 2.26. The van der Waals surface area contributed by atoms with Gasteiger partial charge in [-0.1, -0.05) is 48.5 Å². The average Bonchev–Trinajstić information content (AvgIpc) is 2.99. The molecule has 8 nitrogen and oxygen atoms in total. The van der Waals surface area contributed by atoms with Gasteiger partial charge in [-0.15, -0.1) is 0 Å². The van der Waals surface area contributed by atoms with Gasteiger partial charge in [0.2, 0.25) is 5.91 Å². The third-order valence-electron chi connectivity index (χ3n) is 7.09. The van der Waals surface area contributed by atoms with Crippen LogP contribution in [-0.2, 0) is 22.4 Å². The smallest absolute Gasteiger partial charge is 0.415 e. The van der Waals surface area contributed by atoms with Crippen molar-refractivity contribution in [3.8, 4) is 17.2 Å². The van der Waals surface area contributed by atoms with E-state index in [0.717, 1.165) is 42.1 Å². The molecule has 8 heteroatoms. The molecule has 3 aromatic carbocycles. The lowest BCUT2D eigenvalue weighted by molar-refractivity contribution is -0.134. The molecule has 2 amide bonds. The summed E-state index contributed by atoms with van der Waals surface area (Å²) in [4.78, 5) is 29.4. The Bertz CT molecular complexity index is 1240. The number of carbonyl (C=O) groups is 2. The number of nitrogens with zero attached hydrogens (tertiary/aromatic N) is 2. The summed E-state index contributed by atoms with van der Waals surface area (Å²) in [6.45, 7) is 4.36. The summed E-state index contributed by atoms with van der Waals surface area (Å²) in [7, 11) is 0. The van der Waals surface area contributed by atoms with Crippen molar-refractivity contribution in [2.45, 2.75) is 25.3 Å². The van der Waals surface area contributed by atoms with E-state index in [9.17, 15) is 9.59 Å². The van der Waals surface area contributed by atoms with Crippen LogP contribution < -0.4 is 14.8 Å². The Labute approximate surface area is 230 Å². The highest BCUT2D eigenvalue weighted by molar-refractivity contribution is 5.77. The number of amides is 2. The molecule has 1 atom stereocenters. The molecule has 0 bridgehead atoms. The van der Waals surface area contributed by atoms with Crippen LogP contribution in [0.5, 0.6) is 17.2 Å². The second kappa shape index (κ2) is 13.3. The molecule has 0 spiro atoms. The van der Waals surface area contributed by atoms with Gasteiger partial charge in [0.25, 0.3) is 0 Å². The van der Waals surface area contributed by atoms with Crippen molar-refractivity contribution < 1.29 is 25.2 Å². The number of ether oxygens (including phenoxy) is 3. The predicted octanol–water partition coefficient (Wildman–Crippen LogP) is 4.53. The number of hydrogen-bond acceptors (Lipinski definition) is 6. The van der Waals surface area contributed by atoms with E-state index in [4.69, 9.17) is 14.2 Å². The third-order valence-corrected chi connectivity index (χ3v) is 7.09. The molecular weight excluding hydrogens is 494 g/mol. The first-order valence-electron chi connectivity index (χ1n) is 13.6. The molecule has 0 aromatic heterocycles. The van der Waals surface area contributed by atoms with Crippen LogP contribution in [0.4, 0.5) is 4.79 Å². The summed E-state index contributed by atoms with van der Waals surface area (Å²) >= 11 is 0. The summed E-state index contributed by atoms with van der Waals surface area (Å²) in [5, 5.41) is 3.43. The minimum absolute atomic E-state index is 0. The second-order valence-electron chi connectivity index (χ2n) is 9.78. The molecule has 0 radical (unpaired) electrons. The highest BCUT2D eigenvalue weighted by atomic mass is 16.6. The first kappa shape index (κ1) is 26.7. The Morgan fingerprint density at radius 2 is 1.64 bits per heavy atom. The van der Waals surface area contributed by atoms with Gasteiger partial charge in [0.1, 0.15) is 17.2 Å². The summed E-state index contributed by atoms with van der Waals surface area (Å²) in [5.41, 5.74) is 2.11. The highest BCUT2D eigenvalue weighted by Gasteiger charge is 2.27. The Hall–Kier alpha value is -3.88. The fourth-order valence-corrected chi connectivity index (χ4v) is 4.96. The van der Waals surface area contributed by atoms with Crippen LogP contribution in [0, 0.1) is 0 Å². The number of morpholine rings is 1. The molecule has 2 saturated heterocycles. The molecule has 2 fully saturated rings. The molecule has 5 rings (SSSR count). The van der Waals surface area contributed by atoms with Crippen LogP contribution in [0.25, 0.3) is 0 Å². The molecule has 39 heavy (non-hydrogen) atoms. The van der Waals surface area contributed by atoms with Crippen LogP contribution in [0.2, 0.25) is 0 Å². The van der Waals surface area contributed by atoms with Gasteiger partial charge in [0.15, 0.2) is 0 Å². The van der Waals surface area contributed by atoms with E-state index < -0.39 is 0 Å². The molecule has 2 aliphatic heterocycles. The van der Waals surface area contributed by atoms with Gasteiger partial charge in [-0.05, 0) is 54.3 Å². The number of piperazine rings is 1. The van der Waals surface area contributed by atoms with Gasteiger partial charge in [0, 0.05) is 46.6 Å². The maximum atomic E-state index is 13.4. The minimum Gasteiger partial charge on any atom is -0.457 e. The summed E-state index contributed by atoms with van der Waals surface area (Å²) in [6, 6.07) is 25.2. The average molecular weight is 532 g/mol. The zero-order valence-electron chi connectivity index (χ0n) is 22.1. The largest absolute Gasteiger partial charge is 0.457 e. The standard InChI is InChI=1S/C31H35N3O5.H2/c35-30(15-12-25-6-4-5-9-29(25)38-27-7-2-1-3-8-27)34-17-16-32-23-26(34)22-24-10-13-28(14-11-24)39-31(36)33-18-20-37-21-19-33;/h1-11,13-14,26,32H,12,15-23H2;1H/t26-;/m1./s1. The van der Waals surface area contributed by atoms with E-state index in [1.54, 1.807) is 4.90 Å². The topological polar surface area (TPSA) is 80.3 Å². The summed E-state index contributed by atoms with van der Waals surface area (Å²) in [5.74, 6) is 2.22. The second-order valence-corrected chi connectivity index (χ2v) is 9.78. The van der Waals surface area contributed by atoms with Crippen LogP contribution >= 0.6 is 0 Å². The van der Waals surface area contributed by atoms with Crippen LogP contribution in [-0.4, -0.2) is 73.8 Å². The number of hydrogen-bond donors (Lipinski definition) is 1. The van der Waals surface area contributed by atoms with Crippen molar-refractivity contribution in [1.29, 1.82) is 0 Å². The Morgan fingerprint density at radius 1 is 0.897 bits per heavy atom. The lowest BCUT2D eigenvalue weighted by Crippen LogP contribution is -2.54. The van der Waals surface area contributed by atoms with E-state index in [1.165, 1.54) is 0 Å². The molecule has 206 valence electrons. The van der Waals surface area contributed by atoms with E-state index in [2.05, 4.69) is 5.32 Å². The van der Waals surface area contributed by atoms with Gasteiger partial charge in [-0.2, -0.15) is 0 Å². The van der Waals surface area contributed by atoms with E-state index >= 15 is 0 Å². The zero-order chi connectivity index (χ0) is 26.9. The van der Waals surface area contributed by atoms with Gasteiger partial charge < -0.3 is 29.3 Å². The zero-order valence-corrected chi connectivity index (χ0v) is 22.1. The third kappa shape index (κ3) is 7.37. The number of nitrogens with one attached hydrogen (secondary N) is 1. The van der Waals surface area contributed by atoms with Crippen molar-refractivity contribution in [1.82, 2.24) is 15.1 Å². The van der Waals surface area contributed by atoms with Crippen molar-refractivity contribution in [2.75, 3.05) is 45.9 Å². The molecule has 0 unspecified atom stereocenters.